The molecule has 1 aromatic carbocycles. The quantitative estimate of drug-likeness (QED) is 0.579. The minimum atomic E-state index is -0.636. The monoisotopic (exact) mass is 440 g/mol. The number of aromatic nitrogens is 3. The van der Waals surface area contributed by atoms with Crippen LogP contribution in [0.2, 0.25) is 0 Å². The summed E-state index contributed by atoms with van der Waals surface area (Å²) >= 11 is 1.75. The van der Waals surface area contributed by atoms with Gasteiger partial charge in [0.05, 0.1) is 18.6 Å². The first kappa shape index (κ1) is 21.6. The molecule has 0 unspecified atom stereocenters. The van der Waals surface area contributed by atoms with Crippen molar-refractivity contribution in [3.05, 3.63) is 60.0 Å². The van der Waals surface area contributed by atoms with Crippen molar-refractivity contribution in [1.82, 2.24) is 19.9 Å². The fourth-order valence-corrected chi connectivity index (χ4v) is 4.64. The van der Waals surface area contributed by atoms with E-state index in [1.807, 2.05) is 53.1 Å². The Morgan fingerprint density at radius 3 is 2.71 bits per heavy atom. The van der Waals surface area contributed by atoms with Crippen LogP contribution >= 0.6 is 11.8 Å². The van der Waals surface area contributed by atoms with Gasteiger partial charge in [-0.3, -0.25) is 9.20 Å². The van der Waals surface area contributed by atoms with Crippen molar-refractivity contribution in [3.63, 3.8) is 0 Å². The Balaban J connectivity index is 1.66. The number of hydrogen-bond donors (Lipinski definition) is 1. The average Bonchev–Trinajstić information content (AvgIpc) is 3.26. The van der Waals surface area contributed by atoms with Crippen LogP contribution in [0.1, 0.15) is 36.7 Å². The predicted octanol–water partition coefficient (Wildman–Crippen LogP) is 3.40. The van der Waals surface area contributed by atoms with Gasteiger partial charge in [0.2, 0.25) is 5.91 Å². The second-order valence-electron chi connectivity index (χ2n) is 7.72. The van der Waals surface area contributed by atoms with Crippen LogP contribution in [-0.2, 0) is 14.9 Å². The van der Waals surface area contributed by atoms with E-state index in [0.717, 1.165) is 35.0 Å². The molecule has 0 aliphatic carbocycles. The zero-order valence-corrected chi connectivity index (χ0v) is 18.7. The van der Waals surface area contributed by atoms with E-state index in [0.29, 0.717) is 26.1 Å². The average molecular weight is 441 g/mol. The lowest BCUT2D eigenvalue weighted by atomic mass is 9.73. The summed E-state index contributed by atoms with van der Waals surface area (Å²) in [6, 6.07) is 13.4. The fraction of sp³-hybridized carbons (Fsp3) is 0.435. The Morgan fingerprint density at radius 2 is 2.00 bits per heavy atom. The normalized spacial score (nSPS) is 16.7. The maximum atomic E-state index is 13.8. The summed E-state index contributed by atoms with van der Waals surface area (Å²) in [7, 11) is 1.64. The highest BCUT2D eigenvalue weighted by Gasteiger charge is 2.42. The summed E-state index contributed by atoms with van der Waals surface area (Å²) in [4.78, 5) is 13.8. The summed E-state index contributed by atoms with van der Waals surface area (Å²) in [5.74, 6) is 2.46. The van der Waals surface area contributed by atoms with Gasteiger partial charge >= 0.3 is 0 Å². The number of benzene rings is 1. The van der Waals surface area contributed by atoms with Crippen LogP contribution in [0.4, 0.5) is 0 Å². The Kier molecular flexibility index (Phi) is 6.77. The van der Waals surface area contributed by atoms with E-state index in [1.165, 1.54) is 0 Å². The molecule has 1 saturated heterocycles. The number of amides is 1. The number of hydrogen-bond acceptors (Lipinski definition) is 6. The summed E-state index contributed by atoms with van der Waals surface area (Å²) in [6.45, 7) is 1.12. The van der Waals surface area contributed by atoms with Gasteiger partial charge in [0.25, 0.3) is 0 Å². The van der Waals surface area contributed by atoms with Gasteiger partial charge in [0, 0.05) is 19.4 Å². The molecule has 1 fully saturated rings. The van der Waals surface area contributed by atoms with E-state index in [-0.39, 0.29) is 11.9 Å². The van der Waals surface area contributed by atoms with E-state index < -0.39 is 5.41 Å². The summed E-state index contributed by atoms with van der Waals surface area (Å²) < 4.78 is 12.9. The molecule has 0 spiro atoms. The summed E-state index contributed by atoms with van der Waals surface area (Å²) in [5.41, 5.74) is 1.13. The largest absolute Gasteiger partial charge is 0.497 e. The zero-order valence-electron chi connectivity index (χ0n) is 17.9. The molecule has 0 radical (unpaired) electrons. The number of methoxy groups -OCH3 is 1. The van der Waals surface area contributed by atoms with Gasteiger partial charge in [-0.05, 0) is 61.1 Å². The number of ether oxygens (including phenoxy) is 2. The number of carbonyl (C=O) groups is 1. The molecule has 1 aliphatic heterocycles. The van der Waals surface area contributed by atoms with Crippen molar-refractivity contribution in [2.24, 2.45) is 0 Å². The van der Waals surface area contributed by atoms with Gasteiger partial charge in [-0.25, -0.2) is 0 Å². The Labute approximate surface area is 186 Å². The van der Waals surface area contributed by atoms with Gasteiger partial charge in [-0.1, -0.05) is 18.2 Å². The van der Waals surface area contributed by atoms with Gasteiger partial charge in [0.1, 0.15) is 5.75 Å². The first-order valence-electron chi connectivity index (χ1n) is 10.5. The topological polar surface area (TPSA) is 77.8 Å². The summed E-state index contributed by atoms with van der Waals surface area (Å²) in [6.07, 6.45) is 6.06. The number of nitrogens with zero attached hydrogens (tertiary/aromatic N) is 3. The van der Waals surface area contributed by atoms with Crippen molar-refractivity contribution >= 4 is 23.3 Å². The third-order valence-electron chi connectivity index (χ3n) is 5.99. The lowest BCUT2D eigenvalue weighted by molar-refractivity contribution is -0.131. The Bertz CT molecular complexity index is 1020. The molecule has 2 aromatic heterocycles. The second-order valence-corrected chi connectivity index (χ2v) is 8.70. The number of rotatable bonds is 8. The van der Waals surface area contributed by atoms with E-state index in [1.54, 1.807) is 18.9 Å². The van der Waals surface area contributed by atoms with Crippen LogP contribution in [0.15, 0.2) is 48.7 Å². The second kappa shape index (κ2) is 9.70. The Morgan fingerprint density at radius 1 is 1.23 bits per heavy atom. The van der Waals surface area contributed by atoms with Crippen LogP contribution in [0, 0.1) is 0 Å². The van der Waals surface area contributed by atoms with E-state index in [2.05, 4.69) is 21.8 Å². The molecule has 0 bridgehead atoms. The lowest BCUT2D eigenvalue weighted by Crippen LogP contribution is -2.49. The minimum Gasteiger partial charge on any atom is -0.497 e. The number of pyridine rings is 1. The molecule has 1 atom stereocenters. The first-order valence-corrected chi connectivity index (χ1v) is 11.9. The van der Waals surface area contributed by atoms with Crippen LogP contribution in [0.5, 0.6) is 5.75 Å². The third-order valence-corrected chi connectivity index (χ3v) is 6.64. The highest BCUT2D eigenvalue weighted by molar-refractivity contribution is 7.98. The molecule has 164 valence electrons. The van der Waals surface area contributed by atoms with Crippen LogP contribution in [0.25, 0.3) is 5.65 Å². The van der Waals surface area contributed by atoms with Crippen molar-refractivity contribution in [2.75, 3.05) is 32.3 Å². The van der Waals surface area contributed by atoms with Crippen LogP contribution < -0.4 is 10.1 Å². The van der Waals surface area contributed by atoms with E-state index in [4.69, 9.17) is 9.47 Å². The number of thioether (sulfide) groups is 1. The molecular weight excluding hydrogens is 412 g/mol. The maximum absolute atomic E-state index is 13.8. The smallest absolute Gasteiger partial charge is 0.231 e. The van der Waals surface area contributed by atoms with Crippen molar-refractivity contribution in [3.8, 4) is 5.75 Å². The maximum Gasteiger partial charge on any atom is 0.231 e. The van der Waals surface area contributed by atoms with Gasteiger partial charge in [0.15, 0.2) is 11.5 Å². The molecule has 31 heavy (non-hydrogen) atoms. The standard InChI is InChI=1S/C23H28N4O3S/c1-29-18-8-6-17(7-9-18)23(11-14-30-15-12-23)22(28)24-19(10-16-31-2)21-26-25-20-5-3-4-13-27(20)21/h3-9,13,19H,10-12,14-16H2,1-2H3,(H,24,28)/t19-/m1/s1. The fourth-order valence-electron chi connectivity index (χ4n) is 4.17. The molecule has 1 amide bonds. The SMILES string of the molecule is COc1ccc(C2(C(=O)N[C@H](CCSC)c3nnc4ccccn34)CCOCC2)cc1. The molecule has 3 heterocycles. The van der Waals surface area contributed by atoms with Crippen molar-refractivity contribution < 1.29 is 14.3 Å². The third kappa shape index (κ3) is 4.41. The molecule has 1 aliphatic rings. The predicted molar refractivity (Wildman–Crippen MR) is 122 cm³/mol. The Hall–Kier alpha value is -2.58. The lowest BCUT2D eigenvalue weighted by Gasteiger charge is -2.37. The molecule has 4 rings (SSSR count). The number of nitrogens with one attached hydrogen (secondary N) is 1. The minimum absolute atomic E-state index is 0.0137. The first-order chi connectivity index (χ1) is 15.2. The highest BCUT2D eigenvalue weighted by atomic mass is 32.2. The number of carbonyl (C=O) groups excluding carboxylic acids is 1. The molecule has 0 saturated carbocycles. The van der Waals surface area contributed by atoms with E-state index in [9.17, 15) is 4.79 Å². The molecule has 1 N–H and O–H groups in total. The highest BCUT2D eigenvalue weighted by Crippen LogP contribution is 2.37. The molecular formula is C23H28N4O3S. The number of fused-ring (bicyclic) bond motifs is 1. The van der Waals surface area contributed by atoms with Gasteiger partial charge in [-0.15, -0.1) is 10.2 Å². The van der Waals surface area contributed by atoms with Gasteiger partial charge < -0.3 is 14.8 Å². The zero-order chi connectivity index (χ0) is 21.7. The van der Waals surface area contributed by atoms with Crippen molar-refractivity contribution in [2.45, 2.75) is 30.7 Å². The van der Waals surface area contributed by atoms with Crippen LogP contribution in [-0.4, -0.2) is 52.8 Å². The van der Waals surface area contributed by atoms with Gasteiger partial charge in [-0.2, -0.15) is 11.8 Å². The molecule has 3 aromatic rings. The van der Waals surface area contributed by atoms with Crippen molar-refractivity contribution in [1.29, 1.82) is 0 Å². The van der Waals surface area contributed by atoms with E-state index >= 15 is 0 Å². The molecule has 8 heteroatoms. The summed E-state index contributed by atoms with van der Waals surface area (Å²) in [5, 5.41) is 12.0. The van der Waals surface area contributed by atoms with Crippen LogP contribution in [0.3, 0.4) is 0 Å². The molecule has 7 nitrogen and oxygen atoms in total.